The van der Waals surface area contributed by atoms with E-state index in [-0.39, 0.29) is 6.79 Å². The van der Waals surface area contributed by atoms with E-state index in [2.05, 4.69) is 5.32 Å². The van der Waals surface area contributed by atoms with Crippen molar-refractivity contribution in [3.63, 3.8) is 0 Å². The minimum absolute atomic E-state index is 0.282. The molecule has 6 nitrogen and oxygen atoms in total. The van der Waals surface area contributed by atoms with Crippen molar-refractivity contribution >= 4 is 0 Å². The maximum Gasteiger partial charge on any atom is 0.167 e. The van der Waals surface area contributed by atoms with Gasteiger partial charge < -0.3 is 19.5 Å². The number of rotatable bonds is 10. The highest BCUT2D eigenvalue weighted by Gasteiger charge is 2.08. The lowest BCUT2D eigenvalue weighted by atomic mass is 10.3. The number of nitrogens with one attached hydrogen (secondary N) is 1. The van der Waals surface area contributed by atoms with Crippen LogP contribution in [0.5, 0.6) is 5.75 Å². The summed E-state index contributed by atoms with van der Waals surface area (Å²) in [6.45, 7) is 6.17. The van der Waals surface area contributed by atoms with Gasteiger partial charge in [0, 0.05) is 26.2 Å². The molecule has 1 heterocycles. The minimum Gasteiger partial charge on any atom is -0.491 e. The molecule has 1 aromatic carbocycles. The van der Waals surface area contributed by atoms with Crippen LogP contribution in [0.4, 0.5) is 0 Å². The van der Waals surface area contributed by atoms with Crippen molar-refractivity contribution in [2.75, 3.05) is 59.4 Å². The lowest BCUT2D eigenvalue weighted by Crippen LogP contribution is -2.43. The summed E-state index contributed by atoms with van der Waals surface area (Å²) in [6.07, 6.45) is 0. The summed E-state index contributed by atoms with van der Waals surface area (Å²) >= 11 is 0. The van der Waals surface area contributed by atoms with Gasteiger partial charge in [-0.1, -0.05) is 18.2 Å². The second-order valence-electron chi connectivity index (χ2n) is 4.61. The Balaban J connectivity index is 1.35. The van der Waals surface area contributed by atoms with E-state index >= 15 is 0 Å². The molecule has 1 fully saturated rings. The van der Waals surface area contributed by atoms with E-state index in [0.29, 0.717) is 26.4 Å². The first-order valence-electron chi connectivity index (χ1n) is 7.37. The van der Waals surface area contributed by atoms with Crippen LogP contribution in [0.2, 0.25) is 0 Å². The van der Waals surface area contributed by atoms with Gasteiger partial charge in [0.25, 0.3) is 0 Å². The zero-order chi connectivity index (χ0) is 14.6. The molecular formula is C15H24N2O4. The normalized spacial score (nSPS) is 16.0. The molecule has 2 rings (SSSR count). The standard InChI is InChI=1S/C15H24N2O4/c1-2-4-15(5-3-1)20-13-12-18-10-11-19-14-21-17-8-6-16-7-9-17/h1-5,16H,6-14H2. The predicted octanol–water partition coefficient (Wildman–Crippen LogP) is 0.893. The molecule has 0 radical (unpaired) electrons. The first-order chi connectivity index (χ1) is 10.4. The molecule has 21 heavy (non-hydrogen) atoms. The largest absolute Gasteiger partial charge is 0.491 e. The third-order valence-corrected chi connectivity index (χ3v) is 3.01. The maximum absolute atomic E-state index is 5.51. The number of ether oxygens (including phenoxy) is 3. The van der Waals surface area contributed by atoms with Gasteiger partial charge in [0.15, 0.2) is 6.79 Å². The van der Waals surface area contributed by atoms with Gasteiger partial charge in [-0.05, 0) is 12.1 Å². The first-order valence-corrected chi connectivity index (χ1v) is 7.37. The average molecular weight is 296 g/mol. The van der Waals surface area contributed by atoms with E-state index in [1.54, 1.807) is 0 Å². The highest BCUT2D eigenvalue weighted by atomic mass is 16.8. The number of hydrogen-bond donors (Lipinski definition) is 1. The second kappa shape index (κ2) is 10.5. The highest BCUT2D eigenvalue weighted by Crippen LogP contribution is 2.07. The Kier molecular flexibility index (Phi) is 8.12. The summed E-state index contributed by atoms with van der Waals surface area (Å²) in [7, 11) is 0. The van der Waals surface area contributed by atoms with Crippen molar-refractivity contribution < 1.29 is 19.0 Å². The number of hydroxylamine groups is 2. The molecule has 0 aromatic heterocycles. The van der Waals surface area contributed by atoms with Crippen molar-refractivity contribution in [1.29, 1.82) is 0 Å². The molecular weight excluding hydrogens is 272 g/mol. The van der Waals surface area contributed by atoms with Crippen LogP contribution in [-0.4, -0.2) is 64.5 Å². The SMILES string of the molecule is c1ccc(OCCOCCOCON2CCNCC2)cc1. The molecule has 0 saturated carbocycles. The van der Waals surface area contributed by atoms with Crippen molar-refractivity contribution in [2.45, 2.75) is 0 Å². The Morgan fingerprint density at radius 1 is 0.905 bits per heavy atom. The van der Waals surface area contributed by atoms with E-state index < -0.39 is 0 Å². The molecule has 1 N–H and O–H groups in total. The lowest BCUT2D eigenvalue weighted by molar-refractivity contribution is -0.229. The first kappa shape index (κ1) is 16.2. The zero-order valence-corrected chi connectivity index (χ0v) is 12.3. The molecule has 1 aliphatic heterocycles. The minimum atomic E-state index is 0.282. The molecule has 118 valence electrons. The van der Waals surface area contributed by atoms with Crippen LogP contribution in [0.25, 0.3) is 0 Å². The van der Waals surface area contributed by atoms with Crippen LogP contribution in [-0.2, 0) is 14.3 Å². The molecule has 0 amide bonds. The number of piperazine rings is 1. The van der Waals surface area contributed by atoms with Gasteiger partial charge in [0.2, 0.25) is 0 Å². The Labute approximate surface area is 125 Å². The van der Waals surface area contributed by atoms with Crippen LogP contribution in [0, 0.1) is 0 Å². The van der Waals surface area contributed by atoms with Crippen molar-refractivity contribution in [3.05, 3.63) is 30.3 Å². The van der Waals surface area contributed by atoms with E-state index in [1.165, 1.54) is 0 Å². The van der Waals surface area contributed by atoms with Gasteiger partial charge >= 0.3 is 0 Å². The molecule has 1 aromatic rings. The Bertz CT molecular complexity index is 358. The van der Waals surface area contributed by atoms with Crippen LogP contribution in [0.1, 0.15) is 0 Å². The molecule has 0 unspecified atom stereocenters. The molecule has 1 aliphatic rings. The van der Waals surface area contributed by atoms with Crippen LogP contribution in [0.15, 0.2) is 30.3 Å². The highest BCUT2D eigenvalue weighted by molar-refractivity contribution is 5.20. The summed E-state index contributed by atoms with van der Waals surface area (Å²) in [6, 6.07) is 9.71. The molecule has 0 atom stereocenters. The smallest absolute Gasteiger partial charge is 0.167 e. The average Bonchev–Trinajstić information content (AvgIpc) is 2.55. The van der Waals surface area contributed by atoms with Gasteiger partial charge in [-0.15, -0.1) is 0 Å². The van der Waals surface area contributed by atoms with Crippen LogP contribution in [0.3, 0.4) is 0 Å². The predicted molar refractivity (Wildman–Crippen MR) is 79.1 cm³/mol. The molecule has 1 saturated heterocycles. The second-order valence-corrected chi connectivity index (χ2v) is 4.61. The van der Waals surface area contributed by atoms with Gasteiger partial charge in [-0.25, -0.2) is 0 Å². The van der Waals surface area contributed by atoms with Crippen molar-refractivity contribution in [2.24, 2.45) is 0 Å². The number of benzene rings is 1. The number of para-hydroxylation sites is 1. The van der Waals surface area contributed by atoms with Gasteiger partial charge in [-0.2, -0.15) is 5.06 Å². The lowest BCUT2D eigenvalue weighted by Gasteiger charge is -2.25. The quantitative estimate of drug-likeness (QED) is 0.511. The number of hydrogen-bond acceptors (Lipinski definition) is 6. The summed E-state index contributed by atoms with van der Waals surface area (Å²) in [5.41, 5.74) is 0. The van der Waals surface area contributed by atoms with E-state index in [4.69, 9.17) is 19.0 Å². The fourth-order valence-electron chi connectivity index (χ4n) is 1.90. The van der Waals surface area contributed by atoms with Crippen LogP contribution < -0.4 is 10.1 Å². The van der Waals surface area contributed by atoms with Gasteiger partial charge in [0.05, 0.1) is 19.8 Å². The summed E-state index contributed by atoms with van der Waals surface area (Å²) in [5, 5.41) is 5.18. The third-order valence-electron chi connectivity index (χ3n) is 3.01. The fourth-order valence-corrected chi connectivity index (χ4v) is 1.90. The Morgan fingerprint density at radius 3 is 2.43 bits per heavy atom. The van der Waals surface area contributed by atoms with Crippen molar-refractivity contribution in [1.82, 2.24) is 10.4 Å². The third kappa shape index (κ3) is 7.40. The van der Waals surface area contributed by atoms with Gasteiger partial charge in [-0.3, -0.25) is 4.84 Å². The summed E-state index contributed by atoms with van der Waals surface area (Å²) < 4.78 is 16.3. The molecule has 6 heteroatoms. The van der Waals surface area contributed by atoms with E-state index in [1.807, 2.05) is 35.4 Å². The fraction of sp³-hybridized carbons (Fsp3) is 0.600. The molecule has 0 aliphatic carbocycles. The van der Waals surface area contributed by atoms with E-state index in [0.717, 1.165) is 31.9 Å². The van der Waals surface area contributed by atoms with Gasteiger partial charge in [0.1, 0.15) is 12.4 Å². The Hall–Kier alpha value is -1.18. The topological polar surface area (TPSA) is 52.2 Å². The summed E-state index contributed by atoms with van der Waals surface area (Å²) in [4.78, 5) is 5.46. The van der Waals surface area contributed by atoms with Crippen LogP contribution >= 0.6 is 0 Å². The summed E-state index contributed by atoms with van der Waals surface area (Å²) in [5.74, 6) is 0.863. The molecule has 0 spiro atoms. The van der Waals surface area contributed by atoms with Crippen molar-refractivity contribution in [3.8, 4) is 5.75 Å². The zero-order valence-electron chi connectivity index (χ0n) is 12.3. The van der Waals surface area contributed by atoms with E-state index in [9.17, 15) is 0 Å². The number of nitrogens with zero attached hydrogens (tertiary/aromatic N) is 1. The monoisotopic (exact) mass is 296 g/mol. The maximum atomic E-state index is 5.51. The molecule has 0 bridgehead atoms. The Morgan fingerprint density at radius 2 is 1.62 bits per heavy atom.